The van der Waals surface area contributed by atoms with E-state index in [2.05, 4.69) is 22.4 Å². The lowest BCUT2D eigenvalue weighted by Crippen LogP contribution is -2.10. The van der Waals surface area contributed by atoms with Gasteiger partial charge in [0.25, 0.3) is 0 Å². The molecule has 96 valence electrons. The van der Waals surface area contributed by atoms with Gasteiger partial charge in [0, 0.05) is 5.56 Å². The van der Waals surface area contributed by atoms with Gasteiger partial charge in [0.1, 0.15) is 11.6 Å². The number of nitrogen functional groups attached to an aromatic ring is 1. The van der Waals surface area contributed by atoms with Gasteiger partial charge in [0.05, 0.1) is 23.6 Å². The molecule has 0 amide bonds. The van der Waals surface area contributed by atoms with Crippen molar-refractivity contribution >= 4 is 11.5 Å². The van der Waals surface area contributed by atoms with Crippen molar-refractivity contribution in [1.29, 1.82) is 0 Å². The molecule has 5 heteroatoms. The summed E-state index contributed by atoms with van der Waals surface area (Å²) in [6.07, 6.45) is 1.65. The fourth-order valence-corrected chi connectivity index (χ4v) is 2.13. The molecule has 0 aromatic carbocycles. The molecule has 18 heavy (non-hydrogen) atoms. The summed E-state index contributed by atoms with van der Waals surface area (Å²) in [5, 5.41) is 7.31. The number of hydrogen-bond donors (Lipinski definition) is 2. The molecule has 5 nitrogen and oxygen atoms in total. The highest BCUT2D eigenvalue weighted by atomic mass is 16.5. The lowest BCUT2D eigenvalue weighted by molar-refractivity contribution is 0.392. The van der Waals surface area contributed by atoms with E-state index in [4.69, 9.17) is 10.3 Å². The average Bonchev–Trinajstić information content (AvgIpc) is 2.62. The zero-order valence-electron chi connectivity index (χ0n) is 11.1. The molecule has 2 rings (SSSR count). The van der Waals surface area contributed by atoms with Crippen molar-refractivity contribution in [3.8, 4) is 0 Å². The van der Waals surface area contributed by atoms with Crippen LogP contribution in [0.5, 0.6) is 0 Å². The van der Waals surface area contributed by atoms with Gasteiger partial charge in [0.2, 0.25) is 0 Å². The molecule has 0 bridgehead atoms. The van der Waals surface area contributed by atoms with E-state index in [1.165, 1.54) is 0 Å². The summed E-state index contributed by atoms with van der Waals surface area (Å²) in [6, 6.07) is 1.99. The lowest BCUT2D eigenvalue weighted by Gasteiger charge is -2.16. The van der Waals surface area contributed by atoms with Crippen LogP contribution in [0.4, 0.5) is 11.5 Å². The maximum absolute atomic E-state index is 5.69. The molecular weight excluding hydrogens is 228 g/mol. The monoisotopic (exact) mass is 246 g/mol. The smallest absolute Gasteiger partial charge is 0.139 e. The highest BCUT2D eigenvalue weighted by Crippen LogP contribution is 2.25. The summed E-state index contributed by atoms with van der Waals surface area (Å²) in [7, 11) is 0. The third-order valence-corrected chi connectivity index (χ3v) is 2.97. The Hall–Kier alpha value is -2.04. The maximum atomic E-state index is 5.69. The van der Waals surface area contributed by atoms with E-state index in [9.17, 15) is 0 Å². The summed E-state index contributed by atoms with van der Waals surface area (Å²) < 4.78 is 5.17. The Bertz CT molecular complexity index is 543. The van der Waals surface area contributed by atoms with Gasteiger partial charge in [-0.15, -0.1) is 0 Å². The first-order valence-electron chi connectivity index (χ1n) is 5.90. The Labute approximate surface area is 106 Å². The Morgan fingerprint density at radius 1 is 1.33 bits per heavy atom. The maximum Gasteiger partial charge on any atom is 0.139 e. The van der Waals surface area contributed by atoms with Crippen LogP contribution in [0.15, 0.2) is 16.8 Å². The van der Waals surface area contributed by atoms with Crippen LogP contribution in [0.25, 0.3) is 0 Å². The molecule has 0 aliphatic heterocycles. The lowest BCUT2D eigenvalue weighted by atomic mass is 10.1. The first kappa shape index (κ1) is 12.4. The fourth-order valence-electron chi connectivity index (χ4n) is 2.13. The van der Waals surface area contributed by atoms with Crippen LogP contribution in [-0.4, -0.2) is 10.1 Å². The van der Waals surface area contributed by atoms with Crippen LogP contribution in [-0.2, 0) is 0 Å². The molecule has 2 aromatic heterocycles. The first-order chi connectivity index (χ1) is 8.49. The molecule has 0 saturated carbocycles. The van der Waals surface area contributed by atoms with Gasteiger partial charge in [0.15, 0.2) is 0 Å². The van der Waals surface area contributed by atoms with E-state index in [0.29, 0.717) is 5.69 Å². The zero-order valence-corrected chi connectivity index (χ0v) is 11.1. The Morgan fingerprint density at radius 3 is 2.61 bits per heavy atom. The molecule has 1 unspecified atom stereocenters. The number of rotatable bonds is 3. The second-order valence-corrected chi connectivity index (χ2v) is 4.54. The fraction of sp³-hybridized carbons (Fsp3) is 0.385. The van der Waals surface area contributed by atoms with Crippen LogP contribution >= 0.6 is 0 Å². The molecule has 0 aliphatic carbocycles. The standard InChI is InChI=1S/C13H18N4O/c1-7-5-11(14)6-15-13(7)16-8(2)12-9(3)17-18-10(12)4/h5-6,8H,14H2,1-4H3,(H,15,16). The highest BCUT2D eigenvalue weighted by Gasteiger charge is 2.17. The van der Waals surface area contributed by atoms with Gasteiger partial charge in [-0.25, -0.2) is 4.98 Å². The zero-order chi connectivity index (χ0) is 13.3. The SMILES string of the molecule is Cc1cc(N)cnc1NC(C)c1c(C)noc1C. The van der Waals surface area contributed by atoms with Crippen molar-refractivity contribution in [1.82, 2.24) is 10.1 Å². The molecule has 0 saturated heterocycles. The largest absolute Gasteiger partial charge is 0.397 e. The number of aryl methyl sites for hydroxylation is 3. The predicted octanol–water partition coefficient (Wildman–Crippen LogP) is 2.75. The minimum absolute atomic E-state index is 0.0890. The van der Waals surface area contributed by atoms with Crippen molar-refractivity contribution in [2.24, 2.45) is 0 Å². The van der Waals surface area contributed by atoms with Crippen molar-refractivity contribution in [2.45, 2.75) is 33.7 Å². The topological polar surface area (TPSA) is 77.0 Å². The van der Waals surface area contributed by atoms with Gasteiger partial charge in [-0.1, -0.05) is 5.16 Å². The van der Waals surface area contributed by atoms with E-state index >= 15 is 0 Å². The van der Waals surface area contributed by atoms with Crippen LogP contribution in [0, 0.1) is 20.8 Å². The molecular formula is C13H18N4O. The minimum Gasteiger partial charge on any atom is -0.397 e. The third kappa shape index (κ3) is 2.30. The molecule has 0 fully saturated rings. The summed E-state index contributed by atoms with van der Waals surface area (Å²) in [4.78, 5) is 4.30. The van der Waals surface area contributed by atoms with E-state index in [1.54, 1.807) is 6.20 Å². The number of nitrogens with two attached hydrogens (primary N) is 1. The number of pyridine rings is 1. The number of hydrogen-bond acceptors (Lipinski definition) is 5. The third-order valence-electron chi connectivity index (χ3n) is 2.97. The van der Waals surface area contributed by atoms with Crippen LogP contribution in [0.1, 0.15) is 35.5 Å². The van der Waals surface area contributed by atoms with Crippen molar-refractivity contribution in [3.63, 3.8) is 0 Å². The van der Waals surface area contributed by atoms with Gasteiger partial charge < -0.3 is 15.6 Å². The van der Waals surface area contributed by atoms with Crippen LogP contribution in [0.3, 0.4) is 0 Å². The molecule has 0 radical (unpaired) electrons. The second kappa shape index (κ2) is 4.68. The number of nitrogens with one attached hydrogen (secondary N) is 1. The molecule has 1 atom stereocenters. The Balaban J connectivity index is 2.24. The van der Waals surface area contributed by atoms with Crippen molar-refractivity contribution in [2.75, 3.05) is 11.1 Å². The molecule has 2 aromatic rings. The van der Waals surface area contributed by atoms with E-state index in [1.807, 2.05) is 26.8 Å². The predicted molar refractivity (Wildman–Crippen MR) is 71.4 cm³/mol. The van der Waals surface area contributed by atoms with Crippen molar-refractivity contribution < 1.29 is 4.52 Å². The summed E-state index contributed by atoms with van der Waals surface area (Å²) in [5.41, 5.74) is 9.36. The van der Waals surface area contributed by atoms with Crippen LogP contribution < -0.4 is 11.1 Å². The van der Waals surface area contributed by atoms with E-state index in [-0.39, 0.29) is 6.04 Å². The van der Waals surface area contributed by atoms with Gasteiger partial charge in [-0.05, 0) is 39.3 Å². The Kier molecular flexibility index (Phi) is 3.23. The molecule has 0 spiro atoms. The molecule has 3 N–H and O–H groups in total. The van der Waals surface area contributed by atoms with Crippen LogP contribution in [0.2, 0.25) is 0 Å². The first-order valence-corrected chi connectivity index (χ1v) is 5.90. The normalized spacial score (nSPS) is 12.4. The van der Waals surface area contributed by atoms with E-state index in [0.717, 1.165) is 28.4 Å². The van der Waals surface area contributed by atoms with E-state index < -0.39 is 0 Å². The Morgan fingerprint density at radius 2 is 2.06 bits per heavy atom. The quantitative estimate of drug-likeness (QED) is 0.870. The molecule has 0 aliphatic rings. The number of nitrogens with zero attached hydrogens (tertiary/aromatic N) is 2. The summed E-state index contributed by atoms with van der Waals surface area (Å²) in [5.74, 6) is 1.66. The summed E-state index contributed by atoms with van der Waals surface area (Å²) >= 11 is 0. The number of aromatic nitrogens is 2. The highest BCUT2D eigenvalue weighted by molar-refractivity contribution is 5.52. The second-order valence-electron chi connectivity index (χ2n) is 4.54. The minimum atomic E-state index is 0.0890. The van der Waals surface area contributed by atoms with Gasteiger partial charge >= 0.3 is 0 Å². The molecule has 2 heterocycles. The number of anilines is 2. The van der Waals surface area contributed by atoms with Gasteiger partial charge in [-0.3, -0.25) is 0 Å². The average molecular weight is 246 g/mol. The summed E-state index contributed by atoms with van der Waals surface area (Å²) in [6.45, 7) is 7.89. The van der Waals surface area contributed by atoms with Gasteiger partial charge in [-0.2, -0.15) is 0 Å². The van der Waals surface area contributed by atoms with Crippen molar-refractivity contribution in [3.05, 3.63) is 34.8 Å².